The van der Waals surface area contributed by atoms with Crippen LogP contribution >= 0.6 is 0 Å². The van der Waals surface area contributed by atoms with Crippen molar-refractivity contribution in [2.24, 2.45) is 0 Å². The summed E-state index contributed by atoms with van der Waals surface area (Å²) < 4.78 is 33.1. The molecule has 0 heterocycles. The van der Waals surface area contributed by atoms with Crippen molar-refractivity contribution in [3.05, 3.63) is 0 Å². The molecule has 0 saturated heterocycles. The Morgan fingerprint density at radius 1 is 0.514 bits per heavy atom. The lowest BCUT2D eigenvalue weighted by atomic mass is 10.2. The second-order valence-electron chi connectivity index (χ2n) is 12.7. The molecule has 0 spiro atoms. The van der Waals surface area contributed by atoms with Crippen molar-refractivity contribution in [2.45, 2.75) is 129 Å². The molecule has 220 valence electrons. The summed E-state index contributed by atoms with van der Waals surface area (Å²) in [5, 5.41) is 18.7. The highest BCUT2D eigenvalue weighted by atomic mass is 28.5. The van der Waals surface area contributed by atoms with Gasteiger partial charge in [0, 0.05) is 12.8 Å². The first-order valence-corrected chi connectivity index (χ1v) is 30.5. The minimum Gasteiger partial charge on any atom is -0.481 e. The van der Waals surface area contributed by atoms with Crippen LogP contribution in [0.1, 0.15) is 39.5 Å². The molecule has 15 heteroatoms. The molecule has 9 nitrogen and oxygen atoms in total. The van der Waals surface area contributed by atoms with Gasteiger partial charge in [-0.25, -0.2) is 0 Å². The third-order valence-corrected chi connectivity index (χ3v) is 31.4. The molecular weight excluding hydrogens is 577 g/mol. The average molecular weight is 631 g/mol. The fraction of sp³-hybridized carbons (Fsp3) is 0.909. The van der Waals surface area contributed by atoms with Gasteiger partial charge in [0.15, 0.2) is 16.6 Å². The zero-order valence-electron chi connectivity index (χ0n) is 25.7. The minimum absolute atomic E-state index is 0.00441. The number of hydrogen-bond donors (Lipinski definition) is 2. The lowest BCUT2D eigenvalue weighted by molar-refractivity contribution is -0.138. The van der Waals surface area contributed by atoms with E-state index in [0.29, 0.717) is 0 Å². The lowest BCUT2D eigenvalue weighted by Crippen LogP contribution is -2.60. The van der Waals surface area contributed by atoms with Crippen LogP contribution in [0.25, 0.3) is 0 Å². The van der Waals surface area contributed by atoms with Crippen LogP contribution in [0, 0.1) is 0 Å². The van der Waals surface area contributed by atoms with E-state index in [1.54, 1.807) is 0 Å². The van der Waals surface area contributed by atoms with E-state index in [4.69, 9.17) is 20.6 Å². The van der Waals surface area contributed by atoms with E-state index in [1.165, 1.54) is 0 Å². The third kappa shape index (κ3) is 14.3. The zero-order valence-corrected chi connectivity index (χ0v) is 31.7. The van der Waals surface area contributed by atoms with Crippen LogP contribution in [-0.4, -0.2) is 73.0 Å². The highest BCUT2D eigenvalue weighted by Crippen LogP contribution is 2.36. The average Bonchev–Trinajstić information content (AvgIpc) is 2.57. The first kappa shape index (κ1) is 37.0. The predicted molar refractivity (Wildman–Crippen MR) is 163 cm³/mol. The van der Waals surface area contributed by atoms with Crippen LogP contribution in [-0.2, 0) is 30.2 Å². The van der Waals surface area contributed by atoms with E-state index in [2.05, 4.69) is 26.2 Å². The van der Waals surface area contributed by atoms with Crippen molar-refractivity contribution in [1.29, 1.82) is 0 Å². The van der Waals surface area contributed by atoms with Crippen LogP contribution in [0.2, 0.25) is 89.6 Å². The van der Waals surface area contributed by atoms with Crippen molar-refractivity contribution in [3.8, 4) is 0 Å². The number of hydrogen-bond acceptors (Lipinski definition) is 7. The van der Waals surface area contributed by atoms with Gasteiger partial charge < -0.3 is 30.8 Å². The molecule has 0 aliphatic rings. The van der Waals surface area contributed by atoms with Crippen LogP contribution in [0.5, 0.6) is 0 Å². The first-order valence-electron chi connectivity index (χ1n) is 13.2. The van der Waals surface area contributed by atoms with Crippen molar-refractivity contribution >= 4 is 62.8 Å². The quantitative estimate of drug-likeness (QED) is 0.158. The monoisotopic (exact) mass is 630 g/mol. The number of carbonyl (C=O) groups is 2. The fourth-order valence-electron chi connectivity index (χ4n) is 5.48. The Hall–Kier alpha value is 0.0413. The number of carboxylic acids is 2. The summed E-state index contributed by atoms with van der Waals surface area (Å²) in [5.74, 6) is -1.60. The van der Waals surface area contributed by atoms with Crippen LogP contribution < -0.4 is 0 Å². The normalized spacial score (nSPS) is 15.9. The first-order chi connectivity index (χ1) is 16.3. The summed E-state index contributed by atoms with van der Waals surface area (Å²) >= 11 is 0. The van der Waals surface area contributed by atoms with Gasteiger partial charge in [-0.3, -0.25) is 9.59 Å². The molecule has 0 aliphatic heterocycles. The lowest BCUT2D eigenvalue weighted by Gasteiger charge is -2.44. The Labute approximate surface area is 231 Å². The van der Waals surface area contributed by atoms with Gasteiger partial charge in [0.2, 0.25) is 0 Å². The molecule has 2 N–H and O–H groups in total. The zero-order chi connectivity index (χ0) is 29.7. The van der Waals surface area contributed by atoms with E-state index in [1.807, 2.05) is 66.2 Å². The van der Waals surface area contributed by atoms with Gasteiger partial charge in [0.05, 0.1) is 0 Å². The molecule has 37 heavy (non-hydrogen) atoms. The maximum atomic E-state index is 11.4. The summed E-state index contributed by atoms with van der Waals surface area (Å²) in [5.41, 5.74) is 0.00882. The molecule has 0 aromatic rings. The molecule has 0 aromatic heterocycles. The molecule has 0 bridgehead atoms. The van der Waals surface area contributed by atoms with Gasteiger partial charge in [0.1, 0.15) is 0 Å². The molecule has 2 unspecified atom stereocenters. The topological polar surface area (TPSA) is 121 Å². The van der Waals surface area contributed by atoms with E-state index >= 15 is 0 Å². The molecule has 0 rings (SSSR count). The smallest absolute Gasteiger partial charge is 0.314 e. The molecule has 0 saturated carbocycles. The van der Waals surface area contributed by atoms with Gasteiger partial charge in [0.25, 0.3) is 0 Å². The highest BCUT2D eigenvalue weighted by molar-refractivity contribution is 6.91. The Bertz CT molecular complexity index is 710. The third-order valence-electron chi connectivity index (χ3n) is 6.29. The standard InChI is InChI=1S/C22H54O9Si6/c1-15-19(17-21(23)24)32(3,4)27-34(7,8)29-36(11,12)31-37(13,14)30-35(9,10)28-33(5,6)20(16-2)18-22(25)26/h19-20H,15-18H2,1-14H3,(H,23,24)(H,25,26). The van der Waals surface area contributed by atoms with E-state index in [-0.39, 0.29) is 23.9 Å². The molecule has 2 atom stereocenters. The van der Waals surface area contributed by atoms with Crippen molar-refractivity contribution in [2.75, 3.05) is 0 Å². The molecular formula is C22H54O9Si6. The molecule has 0 amide bonds. The number of carboxylic acid groups (broad SMARTS) is 2. The number of aliphatic carboxylic acids is 2. The van der Waals surface area contributed by atoms with Gasteiger partial charge in [-0.15, -0.1) is 0 Å². The van der Waals surface area contributed by atoms with Crippen LogP contribution in [0.3, 0.4) is 0 Å². The largest absolute Gasteiger partial charge is 0.481 e. The molecule has 0 aromatic carbocycles. The summed E-state index contributed by atoms with van der Waals surface area (Å²) in [6.07, 6.45) is 1.73. The van der Waals surface area contributed by atoms with E-state index in [0.717, 1.165) is 12.8 Å². The van der Waals surface area contributed by atoms with Crippen molar-refractivity contribution in [1.82, 2.24) is 0 Å². The van der Waals surface area contributed by atoms with E-state index in [9.17, 15) is 19.8 Å². The minimum atomic E-state index is -2.68. The van der Waals surface area contributed by atoms with Crippen molar-refractivity contribution < 1.29 is 40.4 Å². The predicted octanol–water partition coefficient (Wildman–Crippen LogP) is 6.80. The van der Waals surface area contributed by atoms with Gasteiger partial charge >= 0.3 is 46.2 Å². The summed E-state index contributed by atoms with van der Waals surface area (Å²) in [6.45, 7) is 28.3. The molecule has 0 fully saturated rings. The Morgan fingerprint density at radius 2 is 0.730 bits per heavy atom. The molecule has 0 aliphatic carbocycles. The Balaban J connectivity index is 5.47. The summed E-state index contributed by atoms with van der Waals surface area (Å²) in [6, 6.07) is 0. The maximum absolute atomic E-state index is 11.4. The Morgan fingerprint density at radius 3 is 0.919 bits per heavy atom. The van der Waals surface area contributed by atoms with Crippen LogP contribution in [0.4, 0.5) is 0 Å². The van der Waals surface area contributed by atoms with Crippen LogP contribution in [0.15, 0.2) is 0 Å². The summed E-state index contributed by atoms with van der Waals surface area (Å²) in [7, 11) is -15.3. The van der Waals surface area contributed by atoms with Gasteiger partial charge in [-0.2, -0.15) is 0 Å². The maximum Gasteiger partial charge on any atom is 0.314 e. The van der Waals surface area contributed by atoms with E-state index < -0.39 is 62.8 Å². The molecule has 0 radical (unpaired) electrons. The summed E-state index contributed by atoms with van der Waals surface area (Å²) in [4.78, 5) is 22.7. The second-order valence-corrected chi connectivity index (χ2v) is 36.1. The van der Waals surface area contributed by atoms with Crippen molar-refractivity contribution in [3.63, 3.8) is 0 Å². The second kappa shape index (κ2) is 13.6. The van der Waals surface area contributed by atoms with Gasteiger partial charge in [-0.05, 0) is 89.6 Å². The number of rotatable bonds is 18. The SMILES string of the molecule is CCC(CC(=O)O)[Si](C)(C)O[Si](C)(C)O[Si](C)(C)O[Si](C)(C)O[Si](C)(C)O[Si](C)(C)C(CC)CC(=O)O. The van der Waals surface area contributed by atoms with Gasteiger partial charge in [-0.1, -0.05) is 26.7 Å². The highest BCUT2D eigenvalue weighted by Gasteiger charge is 2.49. The fourth-order valence-corrected chi connectivity index (χ4v) is 36.6. The Kier molecular flexibility index (Phi) is 13.6.